The standard InChI is InChI=1S/2C70H52N4Si/c1-45-23-17-32-50(43-45)71(48-28-13-7-14-29-48)57-39-21-41-59-63(57)53-35-19-37-55-65-62(47-26-11-6-12-27-47)70-66(61(46-24-9-5-10-25-46)69(65)73(59)67(53)55)56-38-20-36-54-64-58(40-22-42-60(64)74(70)68(54)56)72(49-30-15-8-16-31-49)51-33-18-34-52(44-51)75(2,3)4;1-45-37-39-50(40-38-45)71(48-25-13-7-14-26-48)57-33-19-35-59-63(57)53-29-17-31-55-65-62(47-23-11-6-12-24-47)70-66(61(46-21-9-5-10-22-46)69(65)73(59)67(53)55)56-32-18-30-54-64-58(34-20-36-60(64)74(70)68(54)56)72(49-27-15-8-16-28-49)51-41-43-52(44-42-51)75(2,3)4/h2*5-44H,1-4H3. The Morgan fingerprint density at radius 3 is 0.653 bits per heavy atom. The van der Waals surface area contributed by atoms with E-state index in [1.165, 1.54) is 230 Å². The van der Waals surface area contributed by atoms with Crippen LogP contribution in [0.15, 0.2) is 485 Å². The van der Waals surface area contributed by atoms with Crippen LogP contribution in [0.3, 0.4) is 0 Å². The van der Waals surface area contributed by atoms with Crippen molar-refractivity contribution in [1.29, 1.82) is 0 Å². The van der Waals surface area contributed by atoms with Gasteiger partial charge in [0.05, 0.1) is 105 Å². The normalized spacial score (nSPS) is 12.3. The van der Waals surface area contributed by atoms with Gasteiger partial charge in [0.1, 0.15) is 0 Å². The van der Waals surface area contributed by atoms with Crippen molar-refractivity contribution < 1.29 is 0 Å². The van der Waals surface area contributed by atoms with Crippen molar-refractivity contribution in [3.05, 3.63) is 496 Å². The molecule has 22 aromatic carbocycles. The summed E-state index contributed by atoms with van der Waals surface area (Å²) in [6, 6.07) is 181. The van der Waals surface area contributed by atoms with Crippen LogP contribution in [-0.2, 0) is 0 Å². The summed E-state index contributed by atoms with van der Waals surface area (Å²) in [4.78, 5) is 9.84. The molecule has 0 amide bonds. The maximum atomic E-state index is 2.64. The largest absolute Gasteiger partial charge is 0.310 e. The van der Waals surface area contributed by atoms with Crippen molar-refractivity contribution in [1.82, 2.24) is 17.6 Å². The highest BCUT2D eigenvalue weighted by Crippen LogP contribution is 2.61. The van der Waals surface area contributed by atoms with Crippen LogP contribution >= 0.6 is 0 Å². The molecule has 0 atom stereocenters. The number of rotatable bonds is 18. The maximum Gasteiger partial charge on any atom is 0.0776 e. The summed E-state index contributed by atoms with van der Waals surface area (Å²) < 4.78 is 10.5. The average Bonchev–Trinajstić information content (AvgIpc) is 1.49. The van der Waals surface area contributed by atoms with Crippen molar-refractivity contribution >= 4 is 247 Å². The summed E-state index contributed by atoms with van der Waals surface area (Å²) in [5.41, 5.74) is 40.5. The number of aromatic nitrogens is 4. The van der Waals surface area contributed by atoms with Crippen LogP contribution in [0.5, 0.6) is 0 Å². The molecular formula is C140H104N8Si2. The molecule has 0 spiro atoms. The monoisotopic (exact) mass is 1950 g/mol. The van der Waals surface area contributed by atoms with E-state index in [9.17, 15) is 0 Å². The van der Waals surface area contributed by atoms with E-state index in [0.717, 1.165) is 56.9 Å². The van der Waals surface area contributed by atoms with Gasteiger partial charge in [-0.3, -0.25) is 0 Å². The topological polar surface area (TPSA) is 30.6 Å². The Morgan fingerprint density at radius 2 is 0.380 bits per heavy atom. The number of nitrogens with zero attached hydrogens (tertiary/aromatic N) is 8. The summed E-state index contributed by atoms with van der Waals surface area (Å²) in [7, 11) is -3.18. The molecule has 0 fully saturated rings. The molecule has 150 heavy (non-hydrogen) atoms. The summed E-state index contributed by atoms with van der Waals surface area (Å²) in [5.74, 6) is 0. The van der Waals surface area contributed by atoms with Crippen LogP contribution < -0.4 is 30.0 Å². The second-order valence-corrected chi connectivity index (χ2v) is 52.8. The molecule has 8 nitrogen and oxygen atoms in total. The minimum absolute atomic E-state index is 1.12. The highest BCUT2D eigenvalue weighted by atomic mass is 28.3. The first kappa shape index (κ1) is 88.2. The quantitative estimate of drug-likeness (QED) is 0.0801. The van der Waals surface area contributed by atoms with E-state index in [0.29, 0.717) is 0 Å². The van der Waals surface area contributed by atoms with Gasteiger partial charge in [0, 0.05) is 154 Å². The molecule has 10 heteroatoms. The molecular weight excluding hydrogens is 1850 g/mol. The number of benzene rings is 22. The molecule has 30 aromatic rings. The fourth-order valence-electron chi connectivity index (χ4n) is 25.5. The zero-order valence-electron chi connectivity index (χ0n) is 84.8. The molecule has 0 unspecified atom stereocenters. The number of fused-ring (bicyclic) bond motifs is 24. The lowest BCUT2D eigenvalue weighted by atomic mass is 9.89. The van der Waals surface area contributed by atoms with E-state index in [2.05, 4.69) is 576 Å². The zero-order valence-corrected chi connectivity index (χ0v) is 86.8. The first-order valence-electron chi connectivity index (χ1n) is 52.4. The Morgan fingerprint density at radius 1 is 0.160 bits per heavy atom. The van der Waals surface area contributed by atoms with Crippen LogP contribution in [0.2, 0.25) is 39.3 Å². The summed E-state index contributed by atoms with van der Waals surface area (Å²) >= 11 is 0. The van der Waals surface area contributed by atoms with Gasteiger partial charge in [-0.15, -0.1) is 0 Å². The molecule has 0 saturated carbocycles. The van der Waals surface area contributed by atoms with Gasteiger partial charge < -0.3 is 37.2 Å². The summed E-state index contributed by atoms with van der Waals surface area (Å²) in [5, 5.41) is 22.8. The number of hydrogen-bond donors (Lipinski definition) is 0. The molecule has 8 aromatic heterocycles. The average molecular weight is 1950 g/mol. The van der Waals surface area contributed by atoms with Gasteiger partial charge in [-0.25, -0.2) is 0 Å². The van der Waals surface area contributed by atoms with E-state index >= 15 is 0 Å². The predicted molar refractivity (Wildman–Crippen MR) is 647 cm³/mol. The third-order valence-corrected chi connectivity index (χ3v) is 35.9. The highest BCUT2D eigenvalue weighted by molar-refractivity contribution is 6.89. The van der Waals surface area contributed by atoms with Crippen LogP contribution in [0, 0.1) is 13.8 Å². The second-order valence-electron chi connectivity index (χ2n) is 42.6. The van der Waals surface area contributed by atoms with E-state index in [-0.39, 0.29) is 0 Å². The maximum absolute atomic E-state index is 2.64. The third-order valence-electron chi connectivity index (χ3n) is 31.8. The highest BCUT2D eigenvalue weighted by Gasteiger charge is 2.38. The minimum Gasteiger partial charge on any atom is -0.310 e. The lowest BCUT2D eigenvalue weighted by Gasteiger charge is -2.28. The predicted octanol–water partition coefficient (Wildman–Crippen LogP) is 38.2. The molecule has 8 heterocycles. The van der Waals surface area contributed by atoms with E-state index in [1.54, 1.807) is 0 Å². The Kier molecular flexibility index (Phi) is 20.1. The van der Waals surface area contributed by atoms with Gasteiger partial charge in [0.25, 0.3) is 0 Å². The van der Waals surface area contributed by atoms with Crippen molar-refractivity contribution in [3.8, 4) is 44.5 Å². The Hall–Kier alpha value is -18.3. The molecule has 0 saturated heterocycles. The Labute approximate surface area is 871 Å². The first-order valence-corrected chi connectivity index (χ1v) is 59.4. The molecule has 0 radical (unpaired) electrons. The zero-order chi connectivity index (χ0) is 100. The van der Waals surface area contributed by atoms with E-state index in [1.807, 2.05) is 0 Å². The van der Waals surface area contributed by atoms with Gasteiger partial charge in [-0.05, 0) is 187 Å². The SMILES string of the molecule is Cc1ccc(N(c2ccccc2)c2cccc3c2c2cccc4c5c(-c6ccccc6)c6c(c(-c7ccccc7)c5n3c24)c2cccc3c4c(N(c5ccccc5)c5ccc([Si](C)(C)C)cc5)cccc4n6c32)cc1.Cc1cccc(N(c2ccccc2)c2cccc3c2c2cccc4c5c(-c6ccccc6)c6c(c(-c7ccccc7)c5n3c24)c2cccc3c4c(N(c5ccccc5)c5cccc([Si](C)(C)C)c5)cccc4n6c32)c1. The Balaban J connectivity index is 0.000000141. The third kappa shape index (κ3) is 13.3. The minimum atomic E-state index is -1.65. The molecule has 0 aliphatic carbocycles. The van der Waals surface area contributed by atoms with Crippen molar-refractivity contribution in [2.45, 2.75) is 53.1 Å². The van der Waals surface area contributed by atoms with Gasteiger partial charge in [-0.2, -0.15) is 0 Å². The molecule has 0 aliphatic heterocycles. The number of para-hydroxylation sites is 8. The first-order chi connectivity index (χ1) is 73.7. The molecule has 0 bridgehead atoms. The fourth-order valence-corrected chi connectivity index (χ4v) is 27.8. The van der Waals surface area contributed by atoms with E-state index in [4.69, 9.17) is 0 Å². The van der Waals surface area contributed by atoms with E-state index < -0.39 is 16.1 Å². The molecule has 712 valence electrons. The van der Waals surface area contributed by atoms with Crippen molar-refractivity contribution in [2.24, 2.45) is 0 Å². The van der Waals surface area contributed by atoms with Crippen LogP contribution in [-0.4, -0.2) is 33.8 Å². The lowest BCUT2D eigenvalue weighted by molar-refractivity contribution is 1.28. The number of anilines is 12. The van der Waals surface area contributed by atoms with Gasteiger partial charge >= 0.3 is 0 Å². The summed E-state index contributed by atoms with van der Waals surface area (Å²) in [6.07, 6.45) is 0. The van der Waals surface area contributed by atoms with Crippen LogP contribution in [0.25, 0.3) is 197 Å². The van der Waals surface area contributed by atoms with Crippen LogP contribution in [0.1, 0.15) is 11.1 Å². The molecule has 0 N–H and O–H groups in total. The van der Waals surface area contributed by atoms with Crippen molar-refractivity contribution in [3.63, 3.8) is 0 Å². The van der Waals surface area contributed by atoms with Gasteiger partial charge in [0.15, 0.2) is 0 Å². The number of hydrogen-bond acceptors (Lipinski definition) is 4. The fraction of sp³-hybridized carbons (Fsp3) is 0.0571. The van der Waals surface area contributed by atoms with Crippen LogP contribution in [0.4, 0.5) is 68.2 Å². The Bertz CT molecular complexity index is 10500. The smallest absolute Gasteiger partial charge is 0.0776 e. The van der Waals surface area contributed by atoms with Gasteiger partial charge in [-0.1, -0.05) is 395 Å². The molecule has 30 rings (SSSR count). The lowest BCUT2D eigenvalue weighted by Crippen LogP contribution is -2.37. The molecule has 0 aliphatic rings. The summed E-state index contributed by atoms with van der Waals surface area (Å²) in [6.45, 7) is 18.9. The second kappa shape index (κ2) is 34.1. The number of aryl methyl sites for hydroxylation is 2. The van der Waals surface area contributed by atoms with Gasteiger partial charge in [0.2, 0.25) is 0 Å². The van der Waals surface area contributed by atoms with Crippen molar-refractivity contribution in [2.75, 3.05) is 19.6 Å².